The molecule has 1 aliphatic carbocycles. The van der Waals surface area contributed by atoms with Crippen LogP contribution >= 0.6 is 0 Å². The zero-order valence-corrected chi connectivity index (χ0v) is 19.3. The van der Waals surface area contributed by atoms with Crippen LogP contribution in [0.3, 0.4) is 0 Å². The molecule has 1 fully saturated rings. The van der Waals surface area contributed by atoms with E-state index >= 15 is 0 Å². The van der Waals surface area contributed by atoms with E-state index in [2.05, 4.69) is 45.0 Å². The Morgan fingerprint density at radius 1 is 1.06 bits per heavy atom. The molecule has 164 valence electrons. The minimum atomic E-state index is 0.0680. The van der Waals surface area contributed by atoms with Crippen molar-refractivity contribution in [2.45, 2.75) is 65.3 Å². The summed E-state index contributed by atoms with van der Waals surface area (Å²) in [5.74, 6) is 1.81. The van der Waals surface area contributed by atoms with Gasteiger partial charge >= 0.3 is 0 Å². The molecule has 4 heteroatoms. The van der Waals surface area contributed by atoms with Crippen molar-refractivity contribution in [1.82, 2.24) is 9.55 Å². The van der Waals surface area contributed by atoms with Gasteiger partial charge in [0.2, 0.25) is 0 Å². The third kappa shape index (κ3) is 4.59. The number of rotatable bonds is 4. The Morgan fingerprint density at radius 3 is 2.45 bits per heavy atom. The van der Waals surface area contributed by atoms with E-state index in [9.17, 15) is 4.79 Å². The van der Waals surface area contributed by atoms with Crippen LogP contribution in [0.15, 0.2) is 47.3 Å². The van der Waals surface area contributed by atoms with Gasteiger partial charge in [0, 0.05) is 12.1 Å². The van der Waals surface area contributed by atoms with E-state index in [-0.39, 0.29) is 11.0 Å². The Balaban J connectivity index is 1.82. The second kappa shape index (κ2) is 8.58. The zero-order chi connectivity index (χ0) is 22.2. The molecule has 4 nitrogen and oxygen atoms in total. The summed E-state index contributed by atoms with van der Waals surface area (Å²) in [6, 6.07) is 14.5. The van der Waals surface area contributed by atoms with Crippen LogP contribution < -0.4 is 11.3 Å². The molecule has 0 radical (unpaired) electrons. The van der Waals surface area contributed by atoms with E-state index < -0.39 is 0 Å². The highest BCUT2D eigenvalue weighted by Crippen LogP contribution is 2.31. The fourth-order valence-electron chi connectivity index (χ4n) is 4.88. The minimum Gasteiger partial charge on any atom is -0.330 e. The Hall–Kier alpha value is -2.46. The van der Waals surface area contributed by atoms with Crippen molar-refractivity contribution in [3.05, 3.63) is 63.9 Å². The number of aromatic nitrogens is 2. The molecule has 31 heavy (non-hydrogen) atoms. The average Bonchev–Trinajstić information content (AvgIpc) is 2.75. The van der Waals surface area contributed by atoms with Gasteiger partial charge in [-0.05, 0) is 67.7 Å². The first kappa shape index (κ1) is 21.8. The molecule has 2 N–H and O–H groups in total. The molecule has 0 spiro atoms. The number of hydrogen-bond donors (Lipinski definition) is 1. The lowest BCUT2D eigenvalue weighted by Crippen LogP contribution is -2.30. The van der Waals surface area contributed by atoms with Crippen LogP contribution in [0, 0.1) is 18.8 Å². The highest BCUT2D eigenvalue weighted by Gasteiger charge is 2.24. The molecular formula is C27H35N3O. The molecule has 2 aromatic carbocycles. The molecule has 0 amide bonds. The van der Waals surface area contributed by atoms with Gasteiger partial charge in [0.25, 0.3) is 5.56 Å². The lowest BCUT2D eigenvalue weighted by molar-refractivity contribution is 0.246. The van der Waals surface area contributed by atoms with Gasteiger partial charge in [0.15, 0.2) is 0 Å². The standard InChI is InChI=1S/C27H35N3O/c1-18-8-13-24-23(14-18)26(31)30(17-20-7-5-6-19(15-20)16-28)25(29-24)21-9-11-22(12-10-21)27(2,3)4/h8-14,19-20H,5-7,15-17,28H2,1-4H3. The van der Waals surface area contributed by atoms with E-state index in [1.54, 1.807) is 0 Å². The number of aryl methyl sites for hydroxylation is 1. The summed E-state index contributed by atoms with van der Waals surface area (Å²) in [6.45, 7) is 10.1. The number of nitrogens with two attached hydrogens (primary N) is 1. The van der Waals surface area contributed by atoms with Gasteiger partial charge in [-0.1, -0.05) is 63.1 Å². The fraction of sp³-hybridized carbons (Fsp3) is 0.481. The summed E-state index contributed by atoms with van der Waals surface area (Å²) in [6.07, 6.45) is 4.64. The minimum absolute atomic E-state index is 0.0680. The predicted octanol–water partition coefficient (Wildman–Crippen LogP) is 5.43. The maximum absolute atomic E-state index is 13.6. The van der Waals surface area contributed by atoms with Gasteiger partial charge < -0.3 is 5.73 Å². The van der Waals surface area contributed by atoms with Crippen molar-refractivity contribution in [2.75, 3.05) is 6.54 Å². The van der Waals surface area contributed by atoms with E-state index in [0.29, 0.717) is 23.8 Å². The first-order valence-corrected chi connectivity index (χ1v) is 11.6. The summed E-state index contributed by atoms with van der Waals surface area (Å²) in [7, 11) is 0. The molecule has 2 atom stereocenters. The molecule has 1 heterocycles. The normalized spacial score (nSPS) is 19.6. The molecule has 4 rings (SSSR count). The van der Waals surface area contributed by atoms with Crippen LogP contribution in [-0.2, 0) is 12.0 Å². The van der Waals surface area contributed by atoms with Crippen molar-refractivity contribution in [3.63, 3.8) is 0 Å². The van der Waals surface area contributed by atoms with Crippen LogP contribution in [0.4, 0.5) is 0 Å². The lowest BCUT2D eigenvalue weighted by Gasteiger charge is -2.29. The van der Waals surface area contributed by atoms with E-state index in [0.717, 1.165) is 41.9 Å². The van der Waals surface area contributed by atoms with Gasteiger partial charge in [-0.25, -0.2) is 4.98 Å². The molecule has 0 saturated heterocycles. The molecule has 1 aliphatic rings. The van der Waals surface area contributed by atoms with Gasteiger partial charge in [-0.15, -0.1) is 0 Å². The Kier molecular flexibility index (Phi) is 6.02. The van der Waals surface area contributed by atoms with Crippen LogP contribution in [0.5, 0.6) is 0 Å². The van der Waals surface area contributed by atoms with Crippen molar-refractivity contribution in [2.24, 2.45) is 17.6 Å². The van der Waals surface area contributed by atoms with E-state index in [1.807, 2.05) is 29.7 Å². The summed E-state index contributed by atoms with van der Waals surface area (Å²) >= 11 is 0. The highest BCUT2D eigenvalue weighted by atomic mass is 16.1. The second-order valence-corrected chi connectivity index (χ2v) is 10.3. The molecular weight excluding hydrogens is 382 g/mol. The topological polar surface area (TPSA) is 60.9 Å². The Labute approximate surface area is 185 Å². The van der Waals surface area contributed by atoms with Gasteiger partial charge in [-0.3, -0.25) is 9.36 Å². The van der Waals surface area contributed by atoms with Gasteiger partial charge in [0.1, 0.15) is 5.82 Å². The Bertz CT molecular complexity index is 1120. The molecule has 2 unspecified atom stereocenters. The molecule has 3 aromatic rings. The molecule has 0 aliphatic heterocycles. The first-order chi connectivity index (χ1) is 14.8. The largest absolute Gasteiger partial charge is 0.330 e. The number of benzene rings is 2. The summed E-state index contributed by atoms with van der Waals surface area (Å²) < 4.78 is 1.93. The van der Waals surface area contributed by atoms with Crippen LogP contribution in [-0.4, -0.2) is 16.1 Å². The van der Waals surface area contributed by atoms with Crippen molar-refractivity contribution in [3.8, 4) is 11.4 Å². The lowest BCUT2D eigenvalue weighted by atomic mass is 9.81. The summed E-state index contributed by atoms with van der Waals surface area (Å²) in [4.78, 5) is 18.6. The smallest absolute Gasteiger partial charge is 0.261 e. The molecule has 1 aromatic heterocycles. The summed E-state index contributed by atoms with van der Waals surface area (Å²) in [5.41, 5.74) is 10.3. The maximum Gasteiger partial charge on any atom is 0.261 e. The third-order valence-electron chi connectivity index (χ3n) is 6.78. The number of nitrogens with zero attached hydrogens (tertiary/aromatic N) is 2. The maximum atomic E-state index is 13.6. The quantitative estimate of drug-likeness (QED) is 0.615. The van der Waals surface area contributed by atoms with Crippen LogP contribution in [0.2, 0.25) is 0 Å². The molecule has 1 saturated carbocycles. The predicted molar refractivity (Wildman–Crippen MR) is 129 cm³/mol. The van der Waals surface area contributed by atoms with Crippen LogP contribution in [0.25, 0.3) is 22.3 Å². The van der Waals surface area contributed by atoms with E-state index in [4.69, 9.17) is 10.7 Å². The van der Waals surface area contributed by atoms with Gasteiger partial charge in [0.05, 0.1) is 10.9 Å². The summed E-state index contributed by atoms with van der Waals surface area (Å²) in [5, 5.41) is 0.709. The van der Waals surface area contributed by atoms with E-state index in [1.165, 1.54) is 18.4 Å². The third-order valence-corrected chi connectivity index (χ3v) is 6.78. The Morgan fingerprint density at radius 2 is 1.77 bits per heavy atom. The van der Waals surface area contributed by atoms with Crippen molar-refractivity contribution in [1.29, 1.82) is 0 Å². The average molecular weight is 418 g/mol. The number of hydrogen-bond acceptors (Lipinski definition) is 3. The van der Waals surface area contributed by atoms with Crippen molar-refractivity contribution < 1.29 is 0 Å². The van der Waals surface area contributed by atoms with Crippen LogP contribution in [0.1, 0.15) is 57.6 Å². The fourth-order valence-corrected chi connectivity index (χ4v) is 4.88. The zero-order valence-electron chi connectivity index (χ0n) is 19.3. The first-order valence-electron chi connectivity index (χ1n) is 11.6. The number of fused-ring (bicyclic) bond motifs is 1. The SMILES string of the molecule is Cc1ccc2nc(-c3ccc(C(C)(C)C)cc3)n(CC3CCCC(CN)C3)c(=O)c2c1. The highest BCUT2D eigenvalue weighted by molar-refractivity contribution is 5.80. The second-order valence-electron chi connectivity index (χ2n) is 10.3. The van der Waals surface area contributed by atoms with Crippen molar-refractivity contribution >= 4 is 10.9 Å². The monoisotopic (exact) mass is 417 g/mol. The van der Waals surface area contributed by atoms with Gasteiger partial charge in [-0.2, -0.15) is 0 Å². The molecule has 0 bridgehead atoms.